The van der Waals surface area contributed by atoms with Crippen molar-refractivity contribution in [2.24, 2.45) is 0 Å². The Bertz CT molecular complexity index is 501. The lowest BCUT2D eigenvalue weighted by Gasteiger charge is -2.15. The van der Waals surface area contributed by atoms with E-state index in [0.717, 1.165) is 30.4 Å². The average molecular weight is 343 g/mol. The van der Waals surface area contributed by atoms with E-state index in [1.165, 1.54) is 0 Å². The van der Waals surface area contributed by atoms with E-state index in [0.29, 0.717) is 10.5 Å². The Hall–Kier alpha value is -1.01. The first-order valence-corrected chi connectivity index (χ1v) is 7.36. The van der Waals surface area contributed by atoms with Crippen LogP contribution in [-0.2, 0) is 4.79 Å². The topological polar surface area (TPSA) is 49.4 Å². The van der Waals surface area contributed by atoms with Gasteiger partial charge in [-0.3, -0.25) is 9.59 Å². The van der Waals surface area contributed by atoms with Crippen LogP contribution in [0.15, 0.2) is 27.6 Å². The molecule has 6 heteroatoms. The highest BCUT2D eigenvalue weighted by Gasteiger charge is 2.18. The smallest absolute Gasteiger partial charge is 0.252 e. The lowest BCUT2D eigenvalue weighted by Crippen LogP contribution is -2.38. The SMILES string of the molecule is O=C(NCC(=O)N1CCCC1)c1ccc(Br)cc1S. The lowest BCUT2D eigenvalue weighted by atomic mass is 10.2. The monoisotopic (exact) mass is 342 g/mol. The maximum atomic E-state index is 12.0. The van der Waals surface area contributed by atoms with Gasteiger partial charge in [-0.25, -0.2) is 0 Å². The first-order chi connectivity index (χ1) is 9.08. The van der Waals surface area contributed by atoms with Crippen molar-refractivity contribution in [3.8, 4) is 0 Å². The molecule has 1 N–H and O–H groups in total. The zero-order valence-corrected chi connectivity index (χ0v) is 12.8. The minimum atomic E-state index is -0.273. The molecular formula is C13H15BrN2O2S. The molecule has 1 aromatic rings. The Labute approximate surface area is 126 Å². The van der Waals surface area contributed by atoms with Gasteiger partial charge in [-0.15, -0.1) is 12.6 Å². The van der Waals surface area contributed by atoms with Gasteiger partial charge in [0, 0.05) is 22.5 Å². The third-order valence-electron chi connectivity index (χ3n) is 3.06. The molecule has 19 heavy (non-hydrogen) atoms. The molecule has 0 spiro atoms. The summed E-state index contributed by atoms with van der Waals surface area (Å²) >= 11 is 7.56. The standard InChI is InChI=1S/C13H15BrN2O2S/c14-9-3-4-10(11(19)7-9)13(18)15-8-12(17)16-5-1-2-6-16/h3-4,7,19H,1-2,5-6,8H2,(H,15,18). The summed E-state index contributed by atoms with van der Waals surface area (Å²) in [6, 6.07) is 5.21. The number of nitrogens with zero attached hydrogens (tertiary/aromatic N) is 1. The Kier molecular flexibility index (Phi) is 4.87. The summed E-state index contributed by atoms with van der Waals surface area (Å²) in [6.07, 6.45) is 2.10. The number of halogens is 1. The van der Waals surface area contributed by atoms with Crippen LogP contribution in [0.4, 0.5) is 0 Å². The number of likely N-dealkylation sites (tertiary alicyclic amines) is 1. The van der Waals surface area contributed by atoms with Crippen molar-refractivity contribution in [2.75, 3.05) is 19.6 Å². The van der Waals surface area contributed by atoms with Crippen molar-refractivity contribution in [3.63, 3.8) is 0 Å². The van der Waals surface area contributed by atoms with Crippen LogP contribution in [0.2, 0.25) is 0 Å². The maximum absolute atomic E-state index is 12.0. The van der Waals surface area contributed by atoms with Crippen molar-refractivity contribution in [2.45, 2.75) is 17.7 Å². The van der Waals surface area contributed by atoms with Crippen LogP contribution in [-0.4, -0.2) is 36.3 Å². The van der Waals surface area contributed by atoms with E-state index < -0.39 is 0 Å². The van der Waals surface area contributed by atoms with Gasteiger partial charge in [0.25, 0.3) is 5.91 Å². The Balaban J connectivity index is 1.92. The van der Waals surface area contributed by atoms with Crippen molar-refractivity contribution >= 4 is 40.4 Å². The molecule has 4 nitrogen and oxygen atoms in total. The van der Waals surface area contributed by atoms with E-state index in [4.69, 9.17) is 0 Å². The molecular weight excluding hydrogens is 328 g/mol. The number of thiol groups is 1. The average Bonchev–Trinajstić information content (AvgIpc) is 2.89. The van der Waals surface area contributed by atoms with Gasteiger partial charge in [-0.05, 0) is 31.0 Å². The van der Waals surface area contributed by atoms with Gasteiger partial charge < -0.3 is 10.2 Å². The molecule has 102 valence electrons. The lowest BCUT2D eigenvalue weighted by molar-refractivity contribution is -0.129. The third kappa shape index (κ3) is 3.73. The maximum Gasteiger partial charge on any atom is 0.252 e. The molecule has 0 atom stereocenters. The van der Waals surface area contributed by atoms with Crippen LogP contribution in [0.1, 0.15) is 23.2 Å². The van der Waals surface area contributed by atoms with Crippen LogP contribution < -0.4 is 5.32 Å². The number of hydrogen-bond donors (Lipinski definition) is 2. The van der Waals surface area contributed by atoms with E-state index in [1.54, 1.807) is 23.1 Å². The number of amides is 2. The van der Waals surface area contributed by atoms with E-state index in [9.17, 15) is 9.59 Å². The molecule has 1 aliphatic rings. The van der Waals surface area contributed by atoms with Crippen LogP contribution in [0.3, 0.4) is 0 Å². The molecule has 1 saturated heterocycles. The second-order valence-electron chi connectivity index (χ2n) is 4.43. The summed E-state index contributed by atoms with van der Waals surface area (Å²) in [5.41, 5.74) is 0.473. The molecule has 0 unspecified atom stereocenters. The molecule has 2 amide bonds. The number of carbonyl (C=O) groups is 2. The molecule has 1 aromatic carbocycles. The molecule has 0 aromatic heterocycles. The highest BCUT2D eigenvalue weighted by molar-refractivity contribution is 9.10. The zero-order chi connectivity index (χ0) is 13.8. The van der Waals surface area contributed by atoms with Gasteiger partial charge in [0.1, 0.15) is 0 Å². The molecule has 1 heterocycles. The second kappa shape index (κ2) is 6.43. The summed E-state index contributed by atoms with van der Waals surface area (Å²) in [6.45, 7) is 1.64. The fourth-order valence-electron chi connectivity index (χ4n) is 2.03. The number of hydrogen-bond acceptors (Lipinski definition) is 3. The molecule has 0 aliphatic carbocycles. The van der Waals surface area contributed by atoms with Gasteiger partial charge in [-0.1, -0.05) is 15.9 Å². The predicted octanol–water partition coefficient (Wildman–Crippen LogP) is 2.09. The summed E-state index contributed by atoms with van der Waals surface area (Å²) < 4.78 is 0.863. The van der Waals surface area contributed by atoms with Crippen molar-refractivity contribution in [1.82, 2.24) is 10.2 Å². The van der Waals surface area contributed by atoms with E-state index in [1.807, 2.05) is 0 Å². The first kappa shape index (κ1) is 14.4. The van der Waals surface area contributed by atoms with E-state index >= 15 is 0 Å². The van der Waals surface area contributed by atoms with Gasteiger partial charge in [-0.2, -0.15) is 0 Å². The van der Waals surface area contributed by atoms with Crippen molar-refractivity contribution < 1.29 is 9.59 Å². The second-order valence-corrected chi connectivity index (χ2v) is 5.83. The number of rotatable bonds is 3. The Morgan fingerprint density at radius 2 is 2.00 bits per heavy atom. The summed E-state index contributed by atoms with van der Waals surface area (Å²) in [5.74, 6) is -0.297. The highest BCUT2D eigenvalue weighted by Crippen LogP contribution is 2.19. The highest BCUT2D eigenvalue weighted by atomic mass is 79.9. The van der Waals surface area contributed by atoms with Crippen molar-refractivity contribution in [3.05, 3.63) is 28.2 Å². The molecule has 1 aliphatic heterocycles. The predicted molar refractivity (Wildman–Crippen MR) is 79.5 cm³/mol. The van der Waals surface area contributed by atoms with E-state index in [2.05, 4.69) is 33.9 Å². The van der Waals surface area contributed by atoms with E-state index in [-0.39, 0.29) is 18.4 Å². The Morgan fingerprint density at radius 3 is 2.63 bits per heavy atom. The van der Waals surface area contributed by atoms with Crippen LogP contribution in [0.5, 0.6) is 0 Å². The van der Waals surface area contributed by atoms with Crippen LogP contribution in [0, 0.1) is 0 Å². The molecule has 0 bridgehead atoms. The fraction of sp³-hybridized carbons (Fsp3) is 0.385. The quantitative estimate of drug-likeness (QED) is 0.826. The minimum Gasteiger partial charge on any atom is -0.343 e. The third-order valence-corrected chi connectivity index (χ3v) is 3.93. The summed E-state index contributed by atoms with van der Waals surface area (Å²) in [5, 5.41) is 2.64. The zero-order valence-electron chi connectivity index (χ0n) is 10.4. The van der Waals surface area contributed by atoms with Crippen LogP contribution in [0.25, 0.3) is 0 Å². The van der Waals surface area contributed by atoms with Gasteiger partial charge in [0.15, 0.2) is 0 Å². The van der Waals surface area contributed by atoms with Crippen molar-refractivity contribution in [1.29, 1.82) is 0 Å². The number of carbonyl (C=O) groups excluding carboxylic acids is 2. The summed E-state index contributed by atoms with van der Waals surface area (Å²) in [7, 11) is 0. The van der Waals surface area contributed by atoms with Gasteiger partial charge in [0.2, 0.25) is 5.91 Å². The van der Waals surface area contributed by atoms with Gasteiger partial charge in [0.05, 0.1) is 12.1 Å². The normalized spacial score (nSPS) is 14.5. The Morgan fingerprint density at radius 1 is 1.32 bits per heavy atom. The minimum absolute atomic E-state index is 0.0244. The molecule has 0 radical (unpaired) electrons. The first-order valence-electron chi connectivity index (χ1n) is 6.12. The molecule has 2 rings (SSSR count). The fourth-order valence-corrected chi connectivity index (χ4v) is 2.88. The molecule has 0 saturated carbocycles. The largest absolute Gasteiger partial charge is 0.343 e. The number of benzene rings is 1. The molecule has 1 fully saturated rings. The van der Waals surface area contributed by atoms with Gasteiger partial charge >= 0.3 is 0 Å². The van der Waals surface area contributed by atoms with Crippen LogP contribution >= 0.6 is 28.6 Å². The number of nitrogens with one attached hydrogen (secondary N) is 1. The summed E-state index contributed by atoms with van der Waals surface area (Å²) in [4.78, 5) is 26.1.